The third-order valence-corrected chi connectivity index (χ3v) is 2.22. The fourth-order valence-electron chi connectivity index (χ4n) is 1.67. The van der Waals surface area contributed by atoms with E-state index in [0.717, 1.165) is 13.0 Å². The average molecular weight is 200 g/mol. The van der Waals surface area contributed by atoms with E-state index in [4.69, 9.17) is 0 Å². The average Bonchev–Trinajstić information content (AvgIpc) is 2.03. The van der Waals surface area contributed by atoms with Crippen molar-refractivity contribution in [3.63, 3.8) is 0 Å². The lowest BCUT2D eigenvalue weighted by Gasteiger charge is -2.34. The quantitative estimate of drug-likeness (QED) is 0.684. The zero-order valence-corrected chi connectivity index (χ0v) is 10.4. The van der Waals surface area contributed by atoms with Crippen molar-refractivity contribution in [1.82, 2.24) is 9.80 Å². The van der Waals surface area contributed by atoms with Crippen LogP contribution in [0.3, 0.4) is 0 Å². The summed E-state index contributed by atoms with van der Waals surface area (Å²) in [6.07, 6.45) is 1.01. The van der Waals surface area contributed by atoms with Crippen molar-refractivity contribution in [2.24, 2.45) is 0 Å². The maximum absolute atomic E-state index is 12.0. The highest BCUT2D eigenvalue weighted by atomic mass is 16.2. The number of hydrogen-bond donors (Lipinski definition) is 0. The first-order chi connectivity index (χ1) is 6.41. The fraction of sp³-hybridized carbons (Fsp3) is 0.909. The maximum Gasteiger partial charge on any atom is 0.320 e. The minimum absolute atomic E-state index is 0.136. The smallest absolute Gasteiger partial charge is 0.320 e. The van der Waals surface area contributed by atoms with Crippen LogP contribution in [0.4, 0.5) is 4.79 Å². The van der Waals surface area contributed by atoms with Crippen LogP contribution >= 0.6 is 0 Å². The molecule has 0 unspecified atom stereocenters. The first-order valence-corrected chi connectivity index (χ1v) is 5.45. The van der Waals surface area contributed by atoms with Gasteiger partial charge in [0.05, 0.1) is 0 Å². The Balaban J connectivity index is 4.43. The van der Waals surface area contributed by atoms with E-state index in [0.29, 0.717) is 0 Å². The van der Waals surface area contributed by atoms with Gasteiger partial charge in [-0.15, -0.1) is 0 Å². The van der Waals surface area contributed by atoms with Gasteiger partial charge in [-0.2, -0.15) is 0 Å². The van der Waals surface area contributed by atoms with Crippen LogP contribution in [0.2, 0.25) is 0 Å². The van der Waals surface area contributed by atoms with Gasteiger partial charge in [-0.3, -0.25) is 0 Å². The largest absolute Gasteiger partial charge is 0.328 e. The predicted molar refractivity (Wildman–Crippen MR) is 60.4 cm³/mol. The van der Waals surface area contributed by atoms with Gasteiger partial charge < -0.3 is 9.80 Å². The molecule has 0 rings (SSSR count). The van der Waals surface area contributed by atoms with E-state index in [2.05, 4.69) is 34.6 Å². The van der Waals surface area contributed by atoms with E-state index in [1.54, 1.807) is 4.90 Å². The summed E-state index contributed by atoms with van der Waals surface area (Å²) in [6, 6.07) is 0.667. The molecule has 0 bridgehead atoms. The van der Waals surface area contributed by atoms with E-state index in [1.807, 2.05) is 11.9 Å². The lowest BCUT2D eigenvalue weighted by molar-refractivity contribution is 0.133. The lowest BCUT2D eigenvalue weighted by Crippen LogP contribution is -2.48. The molecule has 2 amide bonds. The standard InChI is InChI=1S/C11H24N2O/c1-7-8-12(6)11(14)13(9(2)3)10(4)5/h9-10H,7-8H2,1-6H3. The molecule has 0 spiro atoms. The number of carbonyl (C=O) groups excluding carboxylic acids is 1. The second-order valence-electron chi connectivity index (χ2n) is 4.30. The van der Waals surface area contributed by atoms with Gasteiger partial charge in [0.1, 0.15) is 0 Å². The molecule has 0 atom stereocenters. The molecule has 0 aliphatic carbocycles. The SMILES string of the molecule is CCCN(C)C(=O)N(C(C)C)C(C)C. The Morgan fingerprint density at radius 2 is 1.57 bits per heavy atom. The highest BCUT2D eigenvalue weighted by molar-refractivity contribution is 5.74. The molecule has 0 heterocycles. The molecule has 3 heteroatoms. The van der Waals surface area contributed by atoms with Crippen molar-refractivity contribution in [2.75, 3.05) is 13.6 Å². The van der Waals surface area contributed by atoms with Crippen LogP contribution < -0.4 is 0 Å². The van der Waals surface area contributed by atoms with Gasteiger partial charge in [0.2, 0.25) is 0 Å². The molecule has 0 aliphatic rings. The third kappa shape index (κ3) is 3.56. The molecule has 84 valence electrons. The van der Waals surface area contributed by atoms with E-state index in [9.17, 15) is 4.79 Å². The molecular formula is C11H24N2O. The second kappa shape index (κ2) is 5.89. The zero-order chi connectivity index (χ0) is 11.3. The number of carbonyl (C=O) groups is 1. The molecule has 3 nitrogen and oxygen atoms in total. The van der Waals surface area contributed by atoms with Gasteiger partial charge in [0.25, 0.3) is 0 Å². The Bertz CT molecular complexity index is 170. The van der Waals surface area contributed by atoms with Gasteiger partial charge in [0, 0.05) is 25.7 Å². The van der Waals surface area contributed by atoms with Crippen molar-refractivity contribution in [3.8, 4) is 0 Å². The van der Waals surface area contributed by atoms with Crippen molar-refractivity contribution < 1.29 is 4.79 Å². The Hall–Kier alpha value is -0.730. The van der Waals surface area contributed by atoms with Crippen LogP contribution in [-0.2, 0) is 0 Å². The van der Waals surface area contributed by atoms with Gasteiger partial charge >= 0.3 is 6.03 Å². The number of urea groups is 1. The Labute approximate surface area is 88.1 Å². The third-order valence-electron chi connectivity index (χ3n) is 2.22. The van der Waals surface area contributed by atoms with Crippen LogP contribution in [0.1, 0.15) is 41.0 Å². The van der Waals surface area contributed by atoms with Crippen LogP contribution in [0, 0.1) is 0 Å². The van der Waals surface area contributed by atoms with Gasteiger partial charge in [-0.1, -0.05) is 6.92 Å². The van der Waals surface area contributed by atoms with Crippen LogP contribution in [0.25, 0.3) is 0 Å². The molecule has 0 saturated carbocycles. The molecule has 0 aromatic carbocycles. The highest BCUT2D eigenvalue weighted by Gasteiger charge is 2.22. The number of rotatable bonds is 4. The second-order valence-corrected chi connectivity index (χ2v) is 4.30. The first kappa shape index (κ1) is 13.3. The van der Waals surface area contributed by atoms with E-state index in [1.165, 1.54) is 0 Å². The summed E-state index contributed by atoms with van der Waals surface area (Å²) in [4.78, 5) is 15.7. The summed E-state index contributed by atoms with van der Waals surface area (Å²) in [7, 11) is 1.86. The van der Waals surface area contributed by atoms with E-state index < -0.39 is 0 Å². The lowest BCUT2D eigenvalue weighted by atomic mass is 10.2. The van der Waals surface area contributed by atoms with Crippen LogP contribution in [0.5, 0.6) is 0 Å². The molecule has 0 N–H and O–H groups in total. The normalized spacial score (nSPS) is 10.9. The molecule has 14 heavy (non-hydrogen) atoms. The maximum atomic E-state index is 12.0. The van der Waals surface area contributed by atoms with Gasteiger partial charge in [-0.25, -0.2) is 4.79 Å². The zero-order valence-electron chi connectivity index (χ0n) is 10.4. The van der Waals surface area contributed by atoms with Crippen molar-refractivity contribution in [3.05, 3.63) is 0 Å². The molecule has 0 aromatic heterocycles. The predicted octanol–water partition coefficient (Wildman–Crippen LogP) is 2.57. The molecule has 0 aliphatic heterocycles. The van der Waals surface area contributed by atoms with E-state index >= 15 is 0 Å². The molecule has 0 radical (unpaired) electrons. The number of nitrogens with zero attached hydrogens (tertiary/aromatic N) is 2. The summed E-state index contributed by atoms with van der Waals surface area (Å²) in [5.74, 6) is 0. The topological polar surface area (TPSA) is 23.6 Å². The number of hydrogen-bond acceptors (Lipinski definition) is 1. The minimum atomic E-state index is 0.136. The monoisotopic (exact) mass is 200 g/mol. The van der Waals surface area contributed by atoms with Crippen molar-refractivity contribution >= 4 is 6.03 Å². The number of amides is 2. The van der Waals surface area contributed by atoms with E-state index in [-0.39, 0.29) is 18.1 Å². The molecule has 0 fully saturated rings. The Morgan fingerprint density at radius 1 is 1.14 bits per heavy atom. The highest BCUT2D eigenvalue weighted by Crippen LogP contribution is 2.08. The first-order valence-electron chi connectivity index (χ1n) is 5.45. The van der Waals surface area contributed by atoms with Crippen molar-refractivity contribution in [1.29, 1.82) is 0 Å². The van der Waals surface area contributed by atoms with Crippen LogP contribution in [0.15, 0.2) is 0 Å². The summed E-state index contributed by atoms with van der Waals surface area (Å²) in [6.45, 7) is 11.1. The van der Waals surface area contributed by atoms with Gasteiger partial charge in [0.15, 0.2) is 0 Å². The molecule has 0 saturated heterocycles. The van der Waals surface area contributed by atoms with Crippen molar-refractivity contribution in [2.45, 2.75) is 53.1 Å². The Kier molecular flexibility index (Phi) is 5.58. The summed E-state index contributed by atoms with van der Waals surface area (Å²) in [5.41, 5.74) is 0. The summed E-state index contributed by atoms with van der Waals surface area (Å²) < 4.78 is 0. The Morgan fingerprint density at radius 3 is 1.86 bits per heavy atom. The molecular weight excluding hydrogens is 176 g/mol. The summed E-state index contributed by atoms with van der Waals surface area (Å²) in [5, 5.41) is 0. The minimum Gasteiger partial charge on any atom is -0.328 e. The molecule has 0 aromatic rings. The summed E-state index contributed by atoms with van der Waals surface area (Å²) >= 11 is 0. The fourth-order valence-corrected chi connectivity index (χ4v) is 1.67. The van der Waals surface area contributed by atoms with Crippen LogP contribution in [-0.4, -0.2) is 41.5 Å². The van der Waals surface area contributed by atoms with Gasteiger partial charge in [-0.05, 0) is 34.1 Å².